The lowest BCUT2D eigenvalue weighted by Crippen LogP contribution is -2.36. The highest BCUT2D eigenvalue weighted by Gasteiger charge is 2.16. The van der Waals surface area contributed by atoms with Crippen LogP contribution in [-0.4, -0.2) is 38.1 Å². The number of methoxy groups -OCH3 is 1. The molecule has 0 heterocycles. The standard InChI is InChI=1S/C12H17NO4/c1-13-11(12(15)16-2)7-9-3-5-10(6-4-9)17-8-14/h3-6,11,13-14H,7-8H2,1-2H3. The minimum Gasteiger partial charge on any atom is -0.468 e. The zero-order chi connectivity index (χ0) is 12.7. The molecule has 17 heavy (non-hydrogen) atoms. The number of carbonyl (C=O) groups excluding carboxylic acids is 1. The molecule has 1 atom stereocenters. The second-order valence-electron chi connectivity index (χ2n) is 3.49. The monoisotopic (exact) mass is 239 g/mol. The first-order chi connectivity index (χ1) is 8.21. The van der Waals surface area contributed by atoms with Gasteiger partial charge in [-0.1, -0.05) is 12.1 Å². The van der Waals surface area contributed by atoms with E-state index in [0.717, 1.165) is 5.56 Å². The SMILES string of the molecule is CNC(Cc1ccc(OCO)cc1)C(=O)OC. The van der Waals surface area contributed by atoms with Crippen molar-refractivity contribution in [2.24, 2.45) is 0 Å². The second-order valence-corrected chi connectivity index (χ2v) is 3.49. The molecular weight excluding hydrogens is 222 g/mol. The van der Waals surface area contributed by atoms with Crippen LogP contribution in [0.2, 0.25) is 0 Å². The van der Waals surface area contributed by atoms with Crippen molar-refractivity contribution in [3.63, 3.8) is 0 Å². The van der Waals surface area contributed by atoms with Crippen LogP contribution in [0.15, 0.2) is 24.3 Å². The summed E-state index contributed by atoms with van der Waals surface area (Å²) >= 11 is 0. The first-order valence-electron chi connectivity index (χ1n) is 5.29. The maximum atomic E-state index is 11.4. The number of hydrogen-bond acceptors (Lipinski definition) is 5. The van der Waals surface area contributed by atoms with Gasteiger partial charge in [-0.2, -0.15) is 0 Å². The highest BCUT2D eigenvalue weighted by molar-refractivity contribution is 5.76. The number of aliphatic hydroxyl groups excluding tert-OH is 1. The lowest BCUT2D eigenvalue weighted by Gasteiger charge is -2.13. The van der Waals surface area contributed by atoms with Gasteiger partial charge in [0.1, 0.15) is 11.8 Å². The summed E-state index contributed by atoms with van der Waals surface area (Å²) in [4.78, 5) is 11.4. The van der Waals surface area contributed by atoms with Gasteiger partial charge in [0.25, 0.3) is 0 Å². The molecule has 0 spiro atoms. The molecule has 0 amide bonds. The topological polar surface area (TPSA) is 67.8 Å². The molecule has 1 unspecified atom stereocenters. The van der Waals surface area contributed by atoms with Crippen LogP contribution in [0.25, 0.3) is 0 Å². The maximum absolute atomic E-state index is 11.4. The van der Waals surface area contributed by atoms with Crippen molar-refractivity contribution < 1.29 is 19.4 Å². The number of benzene rings is 1. The number of likely N-dealkylation sites (N-methyl/N-ethyl adjacent to an activating group) is 1. The summed E-state index contributed by atoms with van der Waals surface area (Å²) in [6.07, 6.45) is 0.544. The van der Waals surface area contributed by atoms with Gasteiger partial charge in [0.15, 0.2) is 6.79 Å². The Balaban J connectivity index is 2.64. The molecule has 1 aromatic carbocycles. The summed E-state index contributed by atoms with van der Waals surface area (Å²) in [7, 11) is 3.08. The summed E-state index contributed by atoms with van der Waals surface area (Å²) in [5.74, 6) is 0.304. The Morgan fingerprint density at radius 2 is 2.06 bits per heavy atom. The van der Waals surface area contributed by atoms with Crippen LogP contribution in [0.1, 0.15) is 5.56 Å². The molecule has 0 aliphatic heterocycles. The highest BCUT2D eigenvalue weighted by atomic mass is 16.6. The molecule has 0 bridgehead atoms. The quantitative estimate of drug-likeness (QED) is 0.552. The maximum Gasteiger partial charge on any atom is 0.323 e. The lowest BCUT2D eigenvalue weighted by atomic mass is 10.1. The van der Waals surface area contributed by atoms with Crippen molar-refractivity contribution in [1.82, 2.24) is 5.32 Å². The van der Waals surface area contributed by atoms with Gasteiger partial charge in [-0.05, 0) is 31.2 Å². The molecule has 0 aliphatic carbocycles. The summed E-state index contributed by atoms with van der Waals surface area (Å²) in [6.45, 7) is -0.347. The number of hydrogen-bond donors (Lipinski definition) is 2. The Hall–Kier alpha value is -1.59. The van der Waals surface area contributed by atoms with Gasteiger partial charge in [0, 0.05) is 0 Å². The molecule has 1 rings (SSSR count). The molecule has 0 saturated carbocycles. The van der Waals surface area contributed by atoms with Crippen molar-refractivity contribution in [3.8, 4) is 5.75 Å². The van der Waals surface area contributed by atoms with E-state index in [-0.39, 0.29) is 18.8 Å². The third kappa shape index (κ3) is 4.05. The number of ether oxygens (including phenoxy) is 2. The molecule has 0 radical (unpaired) electrons. The van der Waals surface area contributed by atoms with Crippen LogP contribution < -0.4 is 10.1 Å². The van der Waals surface area contributed by atoms with E-state index < -0.39 is 0 Å². The molecule has 5 heteroatoms. The van der Waals surface area contributed by atoms with Crippen LogP contribution in [0.3, 0.4) is 0 Å². The molecule has 94 valence electrons. The van der Waals surface area contributed by atoms with Crippen molar-refractivity contribution in [2.45, 2.75) is 12.5 Å². The number of nitrogens with one attached hydrogen (secondary N) is 1. The third-order valence-corrected chi connectivity index (χ3v) is 2.43. The Kier molecular flexibility index (Phi) is 5.45. The smallest absolute Gasteiger partial charge is 0.323 e. The van der Waals surface area contributed by atoms with E-state index in [9.17, 15) is 4.79 Å². The van der Waals surface area contributed by atoms with E-state index in [1.165, 1.54) is 7.11 Å². The Morgan fingerprint density at radius 3 is 2.53 bits per heavy atom. The summed E-state index contributed by atoms with van der Waals surface area (Å²) in [5.41, 5.74) is 0.986. The van der Waals surface area contributed by atoms with E-state index >= 15 is 0 Å². The second kappa shape index (κ2) is 6.88. The normalized spacial score (nSPS) is 11.9. The van der Waals surface area contributed by atoms with E-state index in [1.807, 2.05) is 12.1 Å². The molecular formula is C12H17NO4. The predicted molar refractivity (Wildman–Crippen MR) is 62.7 cm³/mol. The van der Waals surface area contributed by atoms with E-state index in [4.69, 9.17) is 9.84 Å². The van der Waals surface area contributed by atoms with Crippen molar-refractivity contribution >= 4 is 5.97 Å². The van der Waals surface area contributed by atoms with Gasteiger partial charge in [0.2, 0.25) is 0 Å². The highest BCUT2D eigenvalue weighted by Crippen LogP contribution is 2.13. The number of carbonyl (C=O) groups is 1. The number of esters is 1. The van der Waals surface area contributed by atoms with Gasteiger partial charge in [-0.25, -0.2) is 0 Å². The van der Waals surface area contributed by atoms with Crippen LogP contribution in [0, 0.1) is 0 Å². The third-order valence-electron chi connectivity index (χ3n) is 2.43. The number of rotatable bonds is 6. The number of aliphatic hydroxyl groups is 1. The van der Waals surface area contributed by atoms with Gasteiger partial charge < -0.3 is 19.9 Å². The van der Waals surface area contributed by atoms with Crippen molar-refractivity contribution in [3.05, 3.63) is 29.8 Å². The molecule has 0 aliphatic rings. The largest absolute Gasteiger partial charge is 0.468 e. The van der Waals surface area contributed by atoms with Crippen LogP contribution in [0.5, 0.6) is 5.75 Å². The average molecular weight is 239 g/mol. The molecule has 2 N–H and O–H groups in total. The molecule has 0 saturated heterocycles. The van der Waals surface area contributed by atoms with Crippen LogP contribution in [-0.2, 0) is 16.0 Å². The summed E-state index contributed by atoms with van der Waals surface area (Å²) in [6, 6.07) is 6.83. The molecule has 1 aromatic rings. The van der Waals surface area contributed by atoms with Crippen molar-refractivity contribution in [1.29, 1.82) is 0 Å². The lowest BCUT2D eigenvalue weighted by molar-refractivity contribution is -0.142. The zero-order valence-corrected chi connectivity index (χ0v) is 9.97. The van der Waals surface area contributed by atoms with Gasteiger partial charge in [0.05, 0.1) is 7.11 Å². The van der Waals surface area contributed by atoms with E-state index in [0.29, 0.717) is 12.2 Å². The molecule has 0 aromatic heterocycles. The van der Waals surface area contributed by atoms with Gasteiger partial charge in [-0.15, -0.1) is 0 Å². The minimum atomic E-state index is -0.357. The van der Waals surface area contributed by atoms with Crippen LogP contribution >= 0.6 is 0 Å². The fraction of sp³-hybridized carbons (Fsp3) is 0.417. The minimum absolute atomic E-state index is 0.289. The fourth-order valence-electron chi connectivity index (χ4n) is 1.48. The first-order valence-corrected chi connectivity index (χ1v) is 5.29. The predicted octanol–water partition coefficient (Wildman–Crippen LogP) is 0.319. The Morgan fingerprint density at radius 1 is 1.41 bits per heavy atom. The Bertz CT molecular complexity index is 350. The Labute approximate surface area is 100 Å². The van der Waals surface area contributed by atoms with E-state index in [1.54, 1.807) is 19.2 Å². The summed E-state index contributed by atoms with van der Waals surface area (Å²) in [5, 5.41) is 11.5. The average Bonchev–Trinajstić information content (AvgIpc) is 2.37. The van der Waals surface area contributed by atoms with Crippen molar-refractivity contribution in [2.75, 3.05) is 21.0 Å². The van der Waals surface area contributed by atoms with Gasteiger partial charge >= 0.3 is 5.97 Å². The zero-order valence-electron chi connectivity index (χ0n) is 9.97. The molecule has 5 nitrogen and oxygen atoms in total. The first kappa shape index (κ1) is 13.5. The van der Waals surface area contributed by atoms with Crippen LogP contribution in [0.4, 0.5) is 0 Å². The van der Waals surface area contributed by atoms with Gasteiger partial charge in [-0.3, -0.25) is 4.79 Å². The molecule has 0 fully saturated rings. The fourth-order valence-corrected chi connectivity index (χ4v) is 1.48. The summed E-state index contributed by atoms with van der Waals surface area (Å²) < 4.78 is 9.59. The van der Waals surface area contributed by atoms with E-state index in [2.05, 4.69) is 10.1 Å².